The third kappa shape index (κ3) is 1.97. The molecule has 0 bridgehead atoms. The second-order valence-corrected chi connectivity index (χ2v) is 5.93. The SMILES string of the molecule is CCCC1(C2CCCc3cccnc32)CCCN1. The maximum absolute atomic E-state index is 4.73. The molecule has 2 heterocycles. The monoisotopic (exact) mass is 244 g/mol. The fourth-order valence-electron chi connectivity index (χ4n) is 4.11. The Morgan fingerprint density at radius 3 is 3.17 bits per heavy atom. The van der Waals surface area contributed by atoms with Crippen LogP contribution in [0.5, 0.6) is 0 Å². The molecule has 0 saturated carbocycles. The maximum Gasteiger partial charge on any atom is 0.0484 e. The van der Waals surface area contributed by atoms with Crippen molar-refractivity contribution in [2.24, 2.45) is 0 Å². The molecule has 3 rings (SSSR count). The fourth-order valence-corrected chi connectivity index (χ4v) is 4.11. The predicted molar refractivity (Wildman–Crippen MR) is 74.8 cm³/mol. The molecule has 1 aliphatic heterocycles. The number of hydrogen-bond donors (Lipinski definition) is 1. The molecule has 1 aliphatic carbocycles. The number of rotatable bonds is 3. The molecule has 2 atom stereocenters. The van der Waals surface area contributed by atoms with E-state index >= 15 is 0 Å². The van der Waals surface area contributed by atoms with Gasteiger partial charge in [-0.15, -0.1) is 0 Å². The van der Waals surface area contributed by atoms with Gasteiger partial charge in [0, 0.05) is 23.3 Å². The Hall–Kier alpha value is -0.890. The smallest absolute Gasteiger partial charge is 0.0484 e. The third-order valence-electron chi connectivity index (χ3n) is 4.83. The van der Waals surface area contributed by atoms with E-state index in [1.165, 1.54) is 62.7 Å². The van der Waals surface area contributed by atoms with Gasteiger partial charge >= 0.3 is 0 Å². The Kier molecular flexibility index (Phi) is 3.38. The lowest BCUT2D eigenvalue weighted by molar-refractivity contribution is 0.253. The largest absolute Gasteiger partial charge is 0.311 e. The number of aryl methyl sites for hydroxylation is 1. The van der Waals surface area contributed by atoms with Crippen LogP contribution in [0.4, 0.5) is 0 Å². The van der Waals surface area contributed by atoms with Gasteiger partial charge in [-0.05, 0) is 56.7 Å². The average Bonchev–Trinajstić information content (AvgIpc) is 2.88. The maximum atomic E-state index is 4.73. The molecule has 0 aromatic carbocycles. The molecule has 1 aromatic heterocycles. The van der Waals surface area contributed by atoms with E-state index in [2.05, 4.69) is 24.4 Å². The molecule has 98 valence electrons. The average molecular weight is 244 g/mol. The molecule has 1 saturated heterocycles. The highest BCUT2D eigenvalue weighted by Crippen LogP contribution is 2.44. The van der Waals surface area contributed by atoms with Crippen LogP contribution in [0.1, 0.15) is 62.6 Å². The summed E-state index contributed by atoms with van der Waals surface area (Å²) in [6, 6.07) is 4.37. The summed E-state index contributed by atoms with van der Waals surface area (Å²) >= 11 is 0. The summed E-state index contributed by atoms with van der Waals surface area (Å²) in [4.78, 5) is 4.73. The summed E-state index contributed by atoms with van der Waals surface area (Å²) in [6.07, 6.45) is 11.1. The van der Waals surface area contributed by atoms with Crippen LogP contribution < -0.4 is 5.32 Å². The molecule has 1 fully saturated rings. The van der Waals surface area contributed by atoms with Gasteiger partial charge in [0.25, 0.3) is 0 Å². The van der Waals surface area contributed by atoms with Gasteiger partial charge in [-0.1, -0.05) is 19.4 Å². The lowest BCUT2D eigenvalue weighted by Gasteiger charge is -2.40. The van der Waals surface area contributed by atoms with E-state index in [9.17, 15) is 0 Å². The van der Waals surface area contributed by atoms with Crippen molar-refractivity contribution in [3.63, 3.8) is 0 Å². The molecular weight excluding hydrogens is 220 g/mol. The summed E-state index contributed by atoms with van der Waals surface area (Å²) in [5, 5.41) is 3.84. The molecule has 0 spiro atoms. The number of fused-ring (bicyclic) bond motifs is 1. The molecule has 2 heteroatoms. The number of pyridine rings is 1. The lowest BCUT2D eigenvalue weighted by atomic mass is 9.71. The van der Waals surface area contributed by atoms with Gasteiger partial charge in [0.2, 0.25) is 0 Å². The molecule has 2 unspecified atom stereocenters. The molecule has 2 aliphatic rings. The fraction of sp³-hybridized carbons (Fsp3) is 0.688. The number of nitrogens with one attached hydrogen (secondary N) is 1. The van der Waals surface area contributed by atoms with Crippen molar-refractivity contribution in [3.05, 3.63) is 29.6 Å². The normalized spacial score (nSPS) is 31.3. The van der Waals surface area contributed by atoms with Crippen LogP contribution >= 0.6 is 0 Å². The minimum atomic E-state index is 0.346. The molecular formula is C16H24N2. The van der Waals surface area contributed by atoms with Crippen LogP contribution in [0.25, 0.3) is 0 Å². The summed E-state index contributed by atoms with van der Waals surface area (Å²) in [7, 11) is 0. The lowest BCUT2D eigenvalue weighted by Crippen LogP contribution is -2.46. The Labute approximate surface area is 110 Å². The van der Waals surface area contributed by atoms with E-state index in [1.54, 1.807) is 0 Å². The summed E-state index contributed by atoms with van der Waals surface area (Å²) in [5.41, 5.74) is 3.24. The van der Waals surface area contributed by atoms with Crippen LogP contribution in [0.3, 0.4) is 0 Å². The second kappa shape index (κ2) is 5.00. The van der Waals surface area contributed by atoms with Gasteiger partial charge in [-0.3, -0.25) is 4.98 Å². The second-order valence-electron chi connectivity index (χ2n) is 5.93. The van der Waals surface area contributed by atoms with E-state index in [1.807, 2.05) is 6.20 Å². The van der Waals surface area contributed by atoms with Crippen molar-refractivity contribution in [3.8, 4) is 0 Å². The quantitative estimate of drug-likeness (QED) is 0.881. The first-order valence-electron chi connectivity index (χ1n) is 7.54. The van der Waals surface area contributed by atoms with Gasteiger partial charge < -0.3 is 5.32 Å². The summed E-state index contributed by atoms with van der Waals surface area (Å²) in [5.74, 6) is 0.643. The minimum absolute atomic E-state index is 0.346. The minimum Gasteiger partial charge on any atom is -0.311 e. The van der Waals surface area contributed by atoms with E-state index in [0.29, 0.717) is 11.5 Å². The van der Waals surface area contributed by atoms with E-state index in [4.69, 9.17) is 4.98 Å². The van der Waals surface area contributed by atoms with E-state index in [0.717, 1.165) is 0 Å². The van der Waals surface area contributed by atoms with E-state index in [-0.39, 0.29) is 0 Å². The van der Waals surface area contributed by atoms with Crippen LogP contribution in [0, 0.1) is 0 Å². The molecule has 0 amide bonds. The van der Waals surface area contributed by atoms with E-state index < -0.39 is 0 Å². The Bertz CT molecular complexity index is 407. The third-order valence-corrected chi connectivity index (χ3v) is 4.83. The molecule has 0 radical (unpaired) electrons. The van der Waals surface area contributed by atoms with Gasteiger partial charge in [0.1, 0.15) is 0 Å². The zero-order chi connectivity index (χ0) is 12.4. The first kappa shape index (κ1) is 12.2. The Balaban J connectivity index is 1.96. The van der Waals surface area contributed by atoms with Crippen molar-refractivity contribution in [2.75, 3.05) is 6.54 Å². The molecule has 18 heavy (non-hydrogen) atoms. The van der Waals surface area contributed by atoms with Crippen LogP contribution in [0.15, 0.2) is 18.3 Å². The molecule has 1 N–H and O–H groups in total. The first-order valence-corrected chi connectivity index (χ1v) is 7.54. The zero-order valence-corrected chi connectivity index (χ0v) is 11.4. The van der Waals surface area contributed by atoms with Crippen LogP contribution in [-0.2, 0) is 6.42 Å². The Morgan fingerprint density at radius 2 is 2.39 bits per heavy atom. The van der Waals surface area contributed by atoms with Gasteiger partial charge in [0.05, 0.1) is 0 Å². The number of aromatic nitrogens is 1. The van der Waals surface area contributed by atoms with Crippen LogP contribution in [-0.4, -0.2) is 17.1 Å². The summed E-state index contributed by atoms with van der Waals surface area (Å²) in [6.45, 7) is 3.50. The number of nitrogens with zero attached hydrogens (tertiary/aromatic N) is 1. The van der Waals surface area contributed by atoms with Crippen LogP contribution in [0.2, 0.25) is 0 Å². The summed E-state index contributed by atoms with van der Waals surface area (Å²) < 4.78 is 0. The van der Waals surface area contributed by atoms with Gasteiger partial charge in [-0.2, -0.15) is 0 Å². The topological polar surface area (TPSA) is 24.9 Å². The molecule has 1 aromatic rings. The highest BCUT2D eigenvalue weighted by atomic mass is 15.0. The van der Waals surface area contributed by atoms with Crippen molar-refractivity contribution in [1.29, 1.82) is 0 Å². The van der Waals surface area contributed by atoms with Gasteiger partial charge in [0.15, 0.2) is 0 Å². The molecule has 2 nitrogen and oxygen atoms in total. The van der Waals surface area contributed by atoms with Crippen molar-refractivity contribution in [2.45, 2.75) is 63.3 Å². The van der Waals surface area contributed by atoms with Crippen molar-refractivity contribution in [1.82, 2.24) is 10.3 Å². The predicted octanol–water partition coefficient (Wildman–Crippen LogP) is 3.42. The Morgan fingerprint density at radius 1 is 1.44 bits per heavy atom. The first-order chi connectivity index (χ1) is 8.86. The van der Waals surface area contributed by atoms with Crippen molar-refractivity contribution < 1.29 is 0 Å². The standard InChI is InChI=1S/C16H24N2/c1-2-9-16(10-5-12-18-16)14-8-3-6-13-7-4-11-17-15(13)14/h4,7,11,14,18H,2-3,5-6,8-10,12H2,1H3. The highest BCUT2D eigenvalue weighted by Gasteiger charge is 2.43. The van der Waals surface area contributed by atoms with Gasteiger partial charge in [-0.25, -0.2) is 0 Å². The zero-order valence-electron chi connectivity index (χ0n) is 11.4. The number of hydrogen-bond acceptors (Lipinski definition) is 2. The van der Waals surface area contributed by atoms with Crippen molar-refractivity contribution >= 4 is 0 Å². The highest BCUT2D eigenvalue weighted by molar-refractivity contribution is 5.30.